The summed E-state index contributed by atoms with van der Waals surface area (Å²) in [4.78, 5) is 53.6. The maximum atomic E-state index is 11.6. The number of nitrogens with zero attached hydrogens (tertiary/aromatic N) is 2. The predicted molar refractivity (Wildman–Crippen MR) is 78.6 cm³/mol. The van der Waals surface area contributed by atoms with Gasteiger partial charge in [0, 0.05) is 12.4 Å². The Kier molecular flexibility index (Phi) is 5.84. The largest absolute Gasteiger partial charge is 0.388 e. The van der Waals surface area contributed by atoms with Gasteiger partial charge in [-0.2, -0.15) is 0 Å². The van der Waals surface area contributed by atoms with Crippen LogP contribution in [0.15, 0.2) is 48.8 Å². The van der Waals surface area contributed by atoms with Gasteiger partial charge in [0.1, 0.15) is 11.4 Å². The van der Waals surface area contributed by atoms with E-state index in [1.54, 1.807) is 24.3 Å². The second-order valence-electron chi connectivity index (χ2n) is 4.45. The van der Waals surface area contributed by atoms with E-state index in [9.17, 15) is 19.2 Å². The molecule has 2 heterocycles. The Balaban J connectivity index is 1.76. The highest BCUT2D eigenvalue weighted by molar-refractivity contribution is 5.97. The van der Waals surface area contributed by atoms with Crippen LogP contribution in [-0.2, 0) is 19.1 Å². The average molecular weight is 328 g/mol. The van der Waals surface area contributed by atoms with Crippen molar-refractivity contribution in [2.75, 3.05) is 0 Å². The maximum Gasteiger partial charge on any atom is 0.364 e. The molecule has 0 saturated heterocycles. The molecule has 0 saturated carbocycles. The van der Waals surface area contributed by atoms with Crippen LogP contribution >= 0.6 is 0 Å². The second kappa shape index (κ2) is 8.28. The standard InChI is InChI=1S/C16H12N2O6/c19-13(23-15(21)11-5-1-3-9-17-11)7-8-14(20)24-16(22)12-6-2-4-10-18-12/h1-6,9-10H,7-8H2. The number of aromatic nitrogens is 2. The van der Waals surface area contributed by atoms with E-state index in [-0.39, 0.29) is 11.4 Å². The molecule has 8 heteroatoms. The number of pyridine rings is 2. The highest BCUT2D eigenvalue weighted by atomic mass is 16.6. The Bertz CT molecular complexity index is 680. The Labute approximate surface area is 136 Å². The molecule has 0 aliphatic heterocycles. The number of ether oxygens (including phenoxy) is 2. The Morgan fingerprint density at radius 1 is 0.708 bits per heavy atom. The SMILES string of the molecule is O=C(CCC(=O)OC(=O)c1ccccn1)OC(=O)c1ccccn1. The van der Waals surface area contributed by atoms with E-state index in [4.69, 9.17) is 0 Å². The molecule has 0 atom stereocenters. The zero-order chi connectivity index (χ0) is 17.4. The van der Waals surface area contributed by atoms with Crippen LogP contribution in [0.25, 0.3) is 0 Å². The van der Waals surface area contributed by atoms with Gasteiger partial charge in [-0.25, -0.2) is 19.6 Å². The van der Waals surface area contributed by atoms with Gasteiger partial charge in [0.25, 0.3) is 0 Å². The van der Waals surface area contributed by atoms with Crippen molar-refractivity contribution >= 4 is 23.9 Å². The molecule has 2 aromatic heterocycles. The summed E-state index contributed by atoms with van der Waals surface area (Å²) in [6.07, 6.45) is 1.93. The van der Waals surface area contributed by atoms with Crippen LogP contribution in [0, 0.1) is 0 Å². The summed E-state index contributed by atoms with van der Waals surface area (Å²) < 4.78 is 9.06. The van der Waals surface area contributed by atoms with Crippen molar-refractivity contribution in [3.63, 3.8) is 0 Å². The third-order valence-electron chi connectivity index (χ3n) is 2.69. The number of carbonyl (C=O) groups excluding carboxylic acids is 4. The summed E-state index contributed by atoms with van der Waals surface area (Å²) in [6, 6.07) is 9.11. The minimum atomic E-state index is -0.923. The number of esters is 4. The molecule has 0 aliphatic rings. The van der Waals surface area contributed by atoms with E-state index in [0.717, 1.165) is 0 Å². The van der Waals surface area contributed by atoms with Crippen LogP contribution in [0.2, 0.25) is 0 Å². The molecule has 0 bridgehead atoms. The van der Waals surface area contributed by atoms with Crippen LogP contribution in [0.4, 0.5) is 0 Å². The molecular formula is C16H12N2O6. The topological polar surface area (TPSA) is 113 Å². The molecule has 122 valence electrons. The Morgan fingerprint density at radius 3 is 1.46 bits per heavy atom. The van der Waals surface area contributed by atoms with Gasteiger partial charge in [-0.3, -0.25) is 9.59 Å². The van der Waals surface area contributed by atoms with E-state index >= 15 is 0 Å². The molecule has 0 radical (unpaired) electrons. The Hall–Kier alpha value is -3.42. The lowest BCUT2D eigenvalue weighted by Gasteiger charge is -2.03. The molecule has 0 aliphatic carbocycles. The zero-order valence-electron chi connectivity index (χ0n) is 12.4. The third-order valence-corrected chi connectivity index (χ3v) is 2.69. The molecule has 8 nitrogen and oxygen atoms in total. The molecular weight excluding hydrogens is 316 g/mol. The molecule has 0 unspecified atom stereocenters. The van der Waals surface area contributed by atoms with Crippen LogP contribution in [0.1, 0.15) is 33.8 Å². The molecule has 0 fully saturated rings. The molecule has 24 heavy (non-hydrogen) atoms. The van der Waals surface area contributed by atoms with Crippen molar-refractivity contribution < 1.29 is 28.7 Å². The highest BCUT2D eigenvalue weighted by Gasteiger charge is 2.18. The summed E-state index contributed by atoms with van der Waals surface area (Å²) in [5, 5.41) is 0. The van der Waals surface area contributed by atoms with Crippen LogP contribution in [-0.4, -0.2) is 33.8 Å². The van der Waals surface area contributed by atoms with Crippen molar-refractivity contribution in [1.29, 1.82) is 0 Å². The van der Waals surface area contributed by atoms with Gasteiger partial charge >= 0.3 is 23.9 Å². The van der Waals surface area contributed by atoms with Crippen molar-refractivity contribution in [3.8, 4) is 0 Å². The van der Waals surface area contributed by atoms with Crippen LogP contribution in [0.5, 0.6) is 0 Å². The quantitative estimate of drug-likeness (QED) is 0.596. The highest BCUT2D eigenvalue weighted by Crippen LogP contribution is 2.03. The first-order valence-corrected chi connectivity index (χ1v) is 6.88. The fourth-order valence-electron chi connectivity index (χ4n) is 1.58. The molecule has 0 spiro atoms. The fourth-order valence-corrected chi connectivity index (χ4v) is 1.58. The molecule has 0 amide bonds. The van der Waals surface area contributed by atoms with Crippen molar-refractivity contribution in [3.05, 3.63) is 60.2 Å². The minimum absolute atomic E-state index is 0.0289. The second-order valence-corrected chi connectivity index (χ2v) is 4.45. The summed E-state index contributed by atoms with van der Waals surface area (Å²) in [5.74, 6) is -3.68. The first kappa shape index (κ1) is 16.9. The van der Waals surface area contributed by atoms with Gasteiger partial charge in [0.05, 0.1) is 12.8 Å². The van der Waals surface area contributed by atoms with Gasteiger partial charge < -0.3 is 9.47 Å². The number of rotatable bonds is 5. The van der Waals surface area contributed by atoms with E-state index in [0.29, 0.717) is 0 Å². The van der Waals surface area contributed by atoms with Crippen LogP contribution < -0.4 is 0 Å². The summed E-state index contributed by atoms with van der Waals surface area (Å²) in [5.41, 5.74) is -0.0579. The monoisotopic (exact) mass is 328 g/mol. The van der Waals surface area contributed by atoms with E-state index in [1.807, 2.05) is 0 Å². The third kappa shape index (κ3) is 5.09. The summed E-state index contributed by atoms with van der Waals surface area (Å²) in [6.45, 7) is 0. The molecule has 0 N–H and O–H groups in total. The lowest BCUT2D eigenvalue weighted by atomic mass is 10.3. The van der Waals surface area contributed by atoms with Crippen molar-refractivity contribution in [2.24, 2.45) is 0 Å². The first-order valence-electron chi connectivity index (χ1n) is 6.88. The Morgan fingerprint density at radius 2 is 1.12 bits per heavy atom. The molecule has 2 rings (SSSR count). The average Bonchev–Trinajstić information content (AvgIpc) is 2.61. The van der Waals surface area contributed by atoms with Gasteiger partial charge in [0.15, 0.2) is 0 Å². The van der Waals surface area contributed by atoms with Crippen molar-refractivity contribution in [2.45, 2.75) is 12.8 Å². The predicted octanol–water partition coefficient (Wildman–Crippen LogP) is 1.32. The first-order chi connectivity index (χ1) is 11.6. The van der Waals surface area contributed by atoms with Crippen LogP contribution in [0.3, 0.4) is 0 Å². The molecule has 2 aromatic rings. The number of carbonyl (C=O) groups is 4. The fraction of sp³-hybridized carbons (Fsp3) is 0.125. The van der Waals surface area contributed by atoms with Gasteiger partial charge in [0.2, 0.25) is 0 Å². The van der Waals surface area contributed by atoms with Gasteiger partial charge in [-0.15, -0.1) is 0 Å². The summed E-state index contributed by atoms with van der Waals surface area (Å²) >= 11 is 0. The van der Waals surface area contributed by atoms with E-state index < -0.39 is 36.7 Å². The van der Waals surface area contributed by atoms with Gasteiger partial charge in [-0.1, -0.05) is 12.1 Å². The number of hydrogen-bond donors (Lipinski definition) is 0. The normalized spacial score (nSPS) is 9.83. The maximum absolute atomic E-state index is 11.6. The molecule has 0 aromatic carbocycles. The lowest BCUT2D eigenvalue weighted by molar-refractivity contribution is -0.144. The van der Waals surface area contributed by atoms with E-state index in [1.165, 1.54) is 24.5 Å². The van der Waals surface area contributed by atoms with E-state index in [2.05, 4.69) is 19.4 Å². The minimum Gasteiger partial charge on any atom is -0.388 e. The van der Waals surface area contributed by atoms with Crippen molar-refractivity contribution in [1.82, 2.24) is 9.97 Å². The summed E-state index contributed by atoms with van der Waals surface area (Å²) in [7, 11) is 0. The smallest absolute Gasteiger partial charge is 0.364 e. The zero-order valence-corrected chi connectivity index (χ0v) is 12.4. The van der Waals surface area contributed by atoms with Gasteiger partial charge in [-0.05, 0) is 24.3 Å². The lowest BCUT2D eigenvalue weighted by Crippen LogP contribution is -2.17. The number of hydrogen-bond acceptors (Lipinski definition) is 8.